The number of carbonyl (C=O) groups excluding carboxylic acids is 1. The van der Waals surface area contributed by atoms with Crippen molar-refractivity contribution < 1.29 is 13.9 Å². The average Bonchev–Trinajstić information content (AvgIpc) is 3.29. The number of hydrogen-bond acceptors (Lipinski definition) is 6. The molecule has 0 bridgehead atoms. The normalized spacial score (nSPS) is 11.0. The van der Waals surface area contributed by atoms with E-state index in [1.54, 1.807) is 37.1 Å². The molecule has 0 saturated heterocycles. The van der Waals surface area contributed by atoms with Crippen molar-refractivity contribution in [2.45, 2.75) is 17.7 Å². The third-order valence-corrected chi connectivity index (χ3v) is 6.45. The van der Waals surface area contributed by atoms with Crippen molar-refractivity contribution in [3.63, 3.8) is 0 Å². The largest absolute Gasteiger partial charge is 0.462 e. The van der Waals surface area contributed by atoms with Crippen LogP contribution in [0.15, 0.2) is 101 Å². The Morgan fingerprint density at radius 2 is 1.56 bits per heavy atom. The number of hydrogen-bond donors (Lipinski definition) is 0. The van der Waals surface area contributed by atoms with Gasteiger partial charge < -0.3 is 9.15 Å². The average molecular weight is 467 g/mol. The van der Waals surface area contributed by atoms with Gasteiger partial charge in [-0.2, -0.15) is 0 Å². The van der Waals surface area contributed by atoms with Gasteiger partial charge in [0.15, 0.2) is 0 Å². The first-order valence-corrected chi connectivity index (χ1v) is 12.0. The maximum Gasteiger partial charge on any atom is 0.338 e. The van der Waals surface area contributed by atoms with Gasteiger partial charge in [-0.05, 0) is 30.2 Å². The molecule has 0 aliphatic heterocycles. The molecule has 0 N–H and O–H groups in total. The Morgan fingerprint density at radius 3 is 2.24 bits per heavy atom. The van der Waals surface area contributed by atoms with Crippen LogP contribution in [0.25, 0.3) is 33.6 Å². The quantitative estimate of drug-likeness (QED) is 0.146. The SMILES string of the molecule is CCOC(=O)c1ccc(CSc2ncnc3oc(-c4ccccc4)c(-c4ccccc4)c23)cc1. The Bertz CT molecular complexity index is 1420. The summed E-state index contributed by atoms with van der Waals surface area (Å²) in [6, 6.07) is 27.7. The third-order valence-electron chi connectivity index (χ3n) is 5.39. The van der Waals surface area contributed by atoms with Gasteiger partial charge in [-0.15, -0.1) is 11.8 Å². The van der Waals surface area contributed by atoms with E-state index in [2.05, 4.69) is 22.1 Å². The smallest absolute Gasteiger partial charge is 0.338 e. The lowest BCUT2D eigenvalue weighted by Crippen LogP contribution is -2.04. The standard InChI is InChI=1S/C28H22N2O3S/c1-2-32-28(31)22-15-13-19(14-16-22)17-34-27-24-23(20-9-5-3-6-10-20)25(21-11-7-4-8-12-21)33-26(24)29-18-30-27/h3-16,18H,2,17H2,1H3. The van der Waals surface area contributed by atoms with E-state index in [-0.39, 0.29) is 5.97 Å². The first-order chi connectivity index (χ1) is 16.7. The highest BCUT2D eigenvalue weighted by molar-refractivity contribution is 7.98. The molecule has 5 rings (SSSR count). The van der Waals surface area contributed by atoms with Gasteiger partial charge in [-0.25, -0.2) is 14.8 Å². The summed E-state index contributed by atoms with van der Waals surface area (Å²) in [5.41, 5.74) is 5.22. The molecule has 5 aromatic rings. The molecule has 0 radical (unpaired) electrons. The Hall–Kier alpha value is -3.90. The molecule has 0 spiro atoms. The van der Waals surface area contributed by atoms with Crippen molar-refractivity contribution in [2.75, 3.05) is 6.61 Å². The summed E-state index contributed by atoms with van der Waals surface area (Å²) in [7, 11) is 0. The van der Waals surface area contributed by atoms with Gasteiger partial charge in [-0.3, -0.25) is 0 Å². The van der Waals surface area contributed by atoms with Crippen molar-refractivity contribution in [3.8, 4) is 22.5 Å². The zero-order valence-corrected chi connectivity index (χ0v) is 19.4. The minimum atomic E-state index is -0.307. The molecule has 0 fully saturated rings. The molecule has 2 heterocycles. The van der Waals surface area contributed by atoms with Crippen LogP contribution in [0.2, 0.25) is 0 Å². The molecule has 0 amide bonds. The summed E-state index contributed by atoms with van der Waals surface area (Å²) in [5.74, 6) is 1.16. The van der Waals surface area contributed by atoms with Gasteiger partial charge in [-0.1, -0.05) is 72.8 Å². The van der Waals surface area contributed by atoms with Gasteiger partial charge in [0.1, 0.15) is 17.1 Å². The van der Waals surface area contributed by atoms with Gasteiger partial charge in [0.25, 0.3) is 0 Å². The van der Waals surface area contributed by atoms with Gasteiger partial charge in [0, 0.05) is 16.9 Å². The number of fused-ring (bicyclic) bond motifs is 1. The number of nitrogens with zero attached hydrogens (tertiary/aromatic N) is 2. The lowest BCUT2D eigenvalue weighted by molar-refractivity contribution is 0.0526. The van der Waals surface area contributed by atoms with Crippen molar-refractivity contribution in [2.24, 2.45) is 0 Å². The Balaban J connectivity index is 1.52. The molecule has 5 nitrogen and oxygen atoms in total. The zero-order valence-electron chi connectivity index (χ0n) is 18.6. The second kappa shape index (κ2) is 9.93. The van der Waals surface area contributed by atoms with E-state index in [4.69, 9.17) is 9.15 Å². The number of esters is 1. The minimum Gasteiger partial charge on any atom is -0.462 e. The van der Waals surface area contributed by atoms with Crippen LogP contribution in [0.4, 0.5) is 0 Å². The van der Waals surface area contributed by atoms with E-state index in [1.807, 2.05) is 60.7 Å². The van der Waals surface area contributed by atoms with Crippen molar-refractivity contribution in [3.05, 3.63) is 102 Å². The van der Waals surface area contributed by atoms with Crippen LogP contribution < -0.4 is 0 Å². The number of thioether (sulfide) groups is 1. The van der Waals surface area contributed by atoms with Crippen LogP contribution in [-0.4, -0.2) is 22.5 Å². The molecule has 0 unspecified atom stereocenters. The maximum absolute atomic E-state index is 11.9. The van der Waals surface area contributed by atoms with Crippen LogP contribution in [0, 0.1) is 0 Å². The van der Waals surface area contributed by atoms with Crippen LogP contribution >= 0.6 is 11.8 Å². The van der Waals surface area contributed by atoms with Gasteiger partial charge in [0.05, 0.1) is 17.6 Å². The molecule has 6 heteroatoms. The molecular weight excluding hydrogens is 444 g/mol. The minimum absolute atomic E-state index is 0.307. The predicted octanol–water partition coefficient (Wildman–Crippen LogP) is 7.03. The van der Waals surface area contributed by atoms with Gasteiger partial charge >= 0.3 is 5.97 Å². The molecule has 3 aromatic carbocycles. The first-order valence-electron chi connectivity index (χ1n) is 11.0. The Kier molecular flexibility index (Phi) is 6.40. The van der Waals surface area contributed by atoms with Crippen LogP contribution in [0.5, 0.6) is 0 Å². The summed E-state index contributed by atoms with van der Waals surface area (Å²) < 4.78 is 11.3. The number of ether oxygens (including phenoxy) is 1. The fraction of sp³-hybridized carbons (Fsp3) is 0.107. The summed E-state index contributed by atoms with van der Waals surface area (Å²) in [5, 5.41) is 1.75. The molecule has 0 atom stereocenters. The number of rotatable bonds is 7. The Morgan fingerprint density at radius 1 is 0.882 bits per heavy atom. The van der Waals surface area contributed by atoms with E-state index in [1.165, 1.54) is 0 Å². The van der Waals surface area contributed by atoms with Crippen LogP contribution in [-0.2, 0) is 10.5 Å². The molecule has 0 aliphatic carbocycles. The van der Waals surface area contributed by atoms with Crippen LogP contribution in [0.1, 0.15) is 22.8 Å². The fourth-order valence-electron chi connectivity index (χ4n) is 3.79. The fourth-order valence-corrected chi connectivity index (χ4v) is 4.74. The second-order valence-electron chi connectivity index (χ2n) is 7.60. The number of furan rings is 1. The van der Waals surface area contributed by atoms with Crippen molar-refractivity contribution in [1.82, 2.24) is 9.97 Å². The van der Waals surface area contributed by atoms with E-state index < -0.39 is 0 Å². The molecule has 0 aliphatic rings. The highest BCUT2D eigenvalue weighted by Crippen LogP contribution is 2.43. The number of carbonyl (C=O) groups is 1. The summed E-state index contributed by atoms with van der Waals surface area (Å²) in [6.45, 7) is 2.16. The molecule has 168 valence electrons. The molecule has 2 aromatic heterocycles. The summed E-state index contributed by atoms with van der Waals surface area (Å²) in [4.78, 5) is 21.0. The van der Waals surface area contributed by atoms with Crippen molar-refractivity contribution in [1.29, 1.82) is 0 Å². The van der Waals surface area contributed by atoms with Gasteiger partial charge in [0.2, 0.25) is 5.71 Å². The monoisotopic (exact) mass is 466 g/mol. The Labute approximate surface area is 201 Å². The number of benzene rings is 3. The number of aromatic nitrogens is 2. The molecule has 34 heavy (non-hydrogen) atoms. The lowest BCUT2D eigenvalue weighted by Gasteiger charge is -2.07. The zero-order chi connectivity index (χ0) is 23.3. The maximum atomic E-state index is 11.9. The summed E-state index contributed by atoms with van der Waals surface area (Å²) in [6.07, 6.45) is 1.54. The molecule has 0 saturated carbocycles. The predicted molar refractivity (Wildman–Crippen MR) is 135 cm³/mol. The topological polar surface area (TPSA) is 65.2 Å². The highest BCUT2D eigenvalue weighted by Gasteiger charge is 2.22. The van der Waals surface area contributed by atoms with E-state index in [0.717, 1.165) is 38.4 Å². The van der Waals surface area contributed by atoms with Crippen LogP contribution in [0.3, 0.4) is 0 Å². The third kappa shape index (κ3) is 4.45. The first kappa shape index (κ1) is 21.9. The van der Waals surface area contributed by atoms with E-state index in [9.17, 15) is 4.79 Å². The lowest BCUT2D eigenvalue weighted by atomic mass is 10.00. The summed E-state index contributed by atoms with van der Waals surface area (Å²) >= 11 is 1.62. The highest BCUT2D eigenvalue weighted by atomic mass is 32.2. The van der Waals surface area contributed by atoms with E-state index >= 15 is 0 Å². The van der Waals surface area contributed by atoms with E-state index in [0.29, 0.717) is 23.6 Å². The van der Waals surface area contributed by atoms with Crippen molar-refractivity contribution >= 4 is 28.8 Å². The molecular formula is C28H22N2O3S. The second-order valence-corrected chi connectivity index (χ2v) is 8.57.